The first-order valence-electron chi connectivity index (χ1n) is 14.5. The first-order chi connectivity index (χ1) is 18.7. The fourth-order valence-electron chi connectivity index (χ4n) is 6.56. The van der Waals surface area contributed by atoms with E-state index in [1.807, 2.05) is 4.90 Å². The summed E-state index contributed by atoms with van der Waals surface area (Å²) in [4.78, 5) is 28.7. The van der Waals surface area contributed by atoms with Crippen LogP contribution in [0.4, 0.5) is 11.6 Å². The lowest BCUT2D eigenvalue weighted by Gasteiger charge is -2.52. The number of β-amino-alcohol motifs (C(OH)–C–C–N with tert-alkyl or cyclic N) is 1. The van der Waals surface area contributed by atoms with Crippen LogP contribution >= 0.6 is 0 Å². The molecule has 3 aliphatic rings. The molecule has 0 bridgehead atoms. The average Bonchev–Trinajstić information content (AvgIpc) is 2.95. The zero-order valence-corrected chi connectivity index (χ0v) is 23.8. The number of carbonyl (C=O) groups excluding carboxylic acids is 1. The molecule has 0 spiro atoms. The maximum Gasteiger partial charge on any atom is 0.225 e. The number of nitrogens with one attached hydrogen (secondary N) is 2. The number of nitrogens with zero attached hydrogens (tertiary/aromatic N) is 5. The Bertz CT molecular complexity index is 1090. The third-order valence-electron chi connectivity index (χ3n) is 9.46. The van der Waals surface area contributed by atoms with Crippen LogP contribution in [-0.4, -0.2) is 90.4 Å². The lowest BCUT2D eigenvalue weighted by atomic mass is 9.68. The van der Waals surface area contributed by atoms with Gasteiger partial charge in [-0.2, -0.15) is 0 Å². The highest BCUT2D eigenvalue weighted by molar-refractivity contribution is 5.91. The third-order valence-corrected chi connectivity index (χ3v) is 9.46. The molecule has 5 rings (SSSR count). The van der Waals surface area contributed by atoms with Crippen LogP contribution in [0, 0.1) is 0 Å². The number of hydrogen-bond donors (Lipinski definition) is 3. The van der Waals surface area contributed by atoms with Gasteiger partial charge in [-0.25, -0.2) is 9.97 Å². The molecular weight excluding hydrogens is 490 g/mol. The number of hydrogen-bond acceptors (Lipinski definition) is 8. The van der Waals surface area contributed by atoms with Crippen LogP contribution in [0.2, 0.25) is 0 Å². The van der Waals surface area contributed by atoms with E-state index < -0.39 is 5.60 Å². The van der Waals surface area contributed by atoms with Gasteiger partial charge < -0.3 is 25.5 Å². The SMILES string of the molecule is CC(=O)N(C[C@]1(NCC2(O)CCC2)CC[C@@](c2ccccc2)(N(C)C)CC1)c1cnc(N2CCNCC2)nc1. The van der Waals surface area contributed by atoms with E-state index in [2.05, 4.69) is 74.8 Å². The predicted molar refractivity (Wildman–Crippen MR) is 155 cm³/mol. The topological polar surface area (TPSA) is 96.9 Å². The lowest BCUT2D eigenvalue weighted by molar-refractivity contribution is -0.117. The number of aromatic nitrogens is 2. The second kappa shape index (κ2) is 11.5. The number of rotatable bonds is 9. The Morgan fingerprint density at radius 3 is 2.21 bits per heavy atom. The van der Waals surface area contributed by atoms with Crippen molar-refractivity contribution in [2.45, 2.75) is 68.5 Å². The molecule has 9 nitrogen and oxygen atoms in total. The van der Waals surface area contributed by atoms with Gasteiger partial charge in [0, 0.05) is 57.3 Å². The Morgan fingerprint density at radius 1 is 1.03 bits per heavy atom. The molecular formula is C30H45N7O2. The average molecular weight is 536 g/mol. The molecule has 3 N–H and O–H groups in total. The zero-order valence-electron chi connectivity index (χ0n) is 23.8. The van der Waals surface area contributed by atoms with E-state index in [1.54, 1.807) is 19.3 Å². The molecule has 1 amide bonds. The van der Waals surface area contributed by atoms with Crippen molar-refractivity contribution in [3.05, 3.63) is 48.3 Å². The van der Waals surface area contributed by atoms with Gasteiger partial charge in [-0.3, -0.25) is 9.69 Å². The van der Waals surface area contributed by atoms with Gasteiger partial charge in [-0.15, -0.1) is 0 Å². The van der Waals surface area contributed by atoms with Crippen molar-refractivity contribution in [3.8, 4) is 0 Å². The van der Waals surface area contributed by atoms with E-state index >= 15 is 0 Å². The Hall–Kier alpha value is -2.59. The van der Waals surface area contributed by atoms with Crippen LogP contribution in [0.1, 0.15) is 57.4 Å². The molecule has 2 aliphatic carbocycles. The minimum absolute atomic E-state index is 0.0236. The Morgan fingerprint density at radius 2 is 1.67 bits per heavy atom. The van der Waals surface area contributed by atoms with Gasteiger partial charge in [-0.1, -0.05) is 30.3 Å². The maximum absolute atomic E-state index is 13.0. The van der Waals surface area contributed by atoms with Crippen molar-refractivity contribution < 1.29 is 9.90 Å². The molecule has 3 fully saturated rings. The molecule has 1 aromatic carbocycles. The van der Waals surface area contributed by atoms with Crippen molar-refractivity contribution in [3.63, 3.8) is 0 Å². The van der Waals surface area contributed by atoms with E-state index in [4.69, 9.17) is 0 Å². The second-order valence-electron chi connectivity index (χ2n) is 12.1. The monoisotopic (exact) mass is 535 g/mol. The number of benzene rings is 1. The Balaban J connectivity index is 1.38. The number of amides is 1. The number of anilines is 2. The molecule has 0 atom stereocenters. The molecule has 2 saturated carbocycles. The molecule has 9 heteroatoms. The fourth-order valence-corrected chi connectivity index (χ4v) is 6.56. The zero-order chi connectivity index (χ0) is 27.5. The lowest BCUT2D eigenvalue weighted by Crippen LogP contribution is -2.63. The van der Waals surface area contributed by atoms with E-state index in [-0.39, 0.29) is 17.0 Å². The normalized spacial score (nSPS) is 26.7. The Labute approximate surface area is 233 Å². The highest BCUT2D eigenvalue weighted by atomic mass is 16.3. The number of piperazine rings is 1. The van der Waals surface area contributed by atoms with E-state index in [1.165, 1.54) is 5.56 Å². The molecule has 0 radical (unpaired) electrons. The highest BCUT2D eigenvalue weighted by Crippen LogP contribution is 2.45. The van der Waals surface area contributed by atoms with Crippen molar-refractivity contribution in [2.75, 3.05) is 63.2 Å². The maximum atomic E-state index is 13.0. The highest BCUT2D eigenvalue weighted by Gasteiger charge is 2.47. The summed E-state index contributed by atoms with van der Waals surface area (Å²) in [6.07, 6.45) is 10.0. The van der Waals surface area contributed by atoms with Gasteiger partial charge in [0.2, 0.25) is 11.9 Å². The summed E-state index contributed by atoms with van der Waals surface area (Å²) < 4.78 is 0. The van der Waals surface area contributed by atoms with Gasteiger partial charge in [0.05, 0.1) is 23.7 Å². The van der Waals surface area contributed by atoms with Crippen LogP contribution in [0.3, 0.4) is 0 Å². The van der Waals surface area contributed by atoms with E-state index in [0.29, 0.717) is 19.0 Å². The predicted octanol–water partition coefficient (Wildman–Crippen LogP) is 2.51. The van der Waals surface area contributed by atoms with Crippen molar-refractivity contribution >= 4 is 17.5 Å². The summed E-state index contributed by atoms with van der Waals surface area (Å²) >= 11 is 0. The fraction of sp³-hybridized carbons (Fsp3) is 0.633. The summed E-state index contributed by atoms with van der Waals surface area (Å²) in [5.41, 5.74) is 1.04. The molecule has 2 heterocycles. The van der Waals surface area contributed by atoms with Crippen LogP contribution < -0.4 is 20.4 Å². The molecule has 39 heavy (non-hydrogen) atoms. The quantitative estimate of drug-likeness (QED) is 0.451. The van der Waals surface area contributed by atoms with Gasteiger partial charge in [-0.05, 0) is 64.6 Å². The Kier molecular flexibility index (Phi) is 8.24. The van der Waals surface area contributed by atoms with E-state index in [9.17, 15) is 9.90 Å². The minimum atomic E-state index is -0.641. The second-order valence-corrected chi connectivity index (χ2v) is 12.1. The number of carbonyl (C=O) groups is 1. The summed E-state index contributed by atoms with van der Waals surface area (Å²) in [7, 11) is 4.34. The van der Waals surface area contributed by atoms with Crippen LogP contribution in [0.25, 0.3) is 0 Å². The third kappa shape index (κ3) is 5.96. The summed E-state index contributed by atoms with van der Waals surface area (Å²) in [5, 5.41) is 18.1. The molecule has 1 aromatic heterocycles. The van der Waals surface area contributed by atoms with Crippen molar-refractivity contribution in [2.24, 2.45) is 0 Å². The standard InChI is InChI=1S/C30H45N7O2/c1-24(38)37(26-20-32-27(33-21-26)36-18-16-31-17-19-36)23-28(34-22-29(39)10-7-11-29)12-14-30(15-13-28,35(2)3)25-8-5-4-6-9-25/h4-6,8-9,20-21,31,34,39H,7,10-19,22-23H2,1-3H3/t28-,30+. The first-order valence-corrected chi connectivity index (χ1v) is 14.5. The van der Waals surface area contributed by atoms with Gasteiger partial charge in [0.1, 0.15) is 0 Å². The summed E-state index contributed by atoms with van der Waals surface area (Å²) in [6.45, 7) is 6.28. The summed E-state index contributed by atoms with van der Waals surface area (Å²) in [5.74, 6) is 0.685. The molecule has 1 aliphatic heterocycles. The molecule has 2 aromatic rings. The summed E-state index contributed by atoms with van der Waals surface area (Å²) in [6, 6.07) is 10.8. The van der Waals surface area contributed by atoms with Crippen LogP contribution in [-0.2, 0) is 10.3 Å². The first kappa shape index (κ1) is 28.0. The van der Waals surface area contributed by atoms with Gasteiger partial charge in [0.25, 0.3) is 0 Å². The minimum Gasteiger partial charge on any atom is -0.389 e. The smallest absolute Gasteiger partial charge is 0.225 e. The van der Waals surface area contributed by atoms with Crippen LogP contribution in [0.5, 0.6) is 0 Å². The van der Waals surface area contributed by atoms with Crippen LogP contribution in [0.15, 0.2) is 42.7 Å². The van der Waals surface area contributed by atoms with Crippen molar-refractivity contribution in [1.29, 1.82) is 0 Å². The molecule has 212 valence electrons. The molecule has 1 saturated heterocycles. The number of aliphatic hydroxyl groups is 1. The van der Waals surface area contributed by atoms with Gasteiger partial charge >= 0.3 is 0 Å². The van der Waals surface area contributed by atoms with Crippen molar-refractivity contribution in [1.82, 2.24) is 25.5 Å². The largest absolute Gasteiger partial charge is 0.389 e. The van der Waals surface area contributed by atoms with Gasteiger partial charge in [0.15, 0.2) is 0 Å². The molecule has 0 unspecified atom stereocenters. The van der Waals surface area contributed by atoms with E-state index in [0.717, 1.165) is 76.8 Å².